The molecule has 2 heterocycles. The first kappa shape index (κ1) is 16.9. The minimum Gasteiger partial charge on any atom is -0.454 e. The van der Waals surface area contributed by atoms with Gasteiger partial charge in [0.2, 0.25) is 12.0 Å². The van der Waals surface area contributed by atoms with E-state index in [1.165, 1.54) is 6.42 Å². The Morgan fingerprint density at radius 2 is 1.93 bits per heavy atom. The summed E-state index contributed by atoms with van der Waals surface area (Å²) in [5.74, 6) is 0.434. The van der Waals surface area contributed by atoms with Crippen molar-refractivity contribution in [2.45, 2.75) is 25.3 Å². The fraction of sp³-hybridized carbons (Fsp3) is 0.182. The van der Waals surface area contributed by atoms with Gasteiger partial charge in [-0.3, -0.25) is 4.99 Å². The Kier molecular flexibility index (Phi) is 4.06. The van der Waals surface area contributed by atoms with Gasteiger partial charge in [-0.1, -0.05) is 18.2 Å². The van der Waals surface area contributed by atoms with Gasteiger partial charge in [-0.05, 0) is 43.5 Å². The number of benzene rings is 2. The Bertz CT molecular complexity index is 1010. The van der Waals surface area contributed by atoms with E-state index in [0.29, 0.717) is 16.4 Å². The van der Waals surface area contributed by atoms with Crippen molar-refractivity contribution in [3.05, 3.63) is 78.6 Å². The zero-order valence-corrected chi connectivity index (χ0v) is 15.3. The fourth-order valence-corrected chi connectivity index (χ4v) is 3.77. The van der Waals surface area contributed by atoms with Crippen LogP contribution in [-0.2, 0) is 0 Å². The smallest absolute Gasteiger partial charge is 0.225 e. The number of ether oxygens (including phenoxy) is 1. The molecular formula is C22H20FN4O+. The van der Waals surface area contributed by atoms with Crippen molar-refractivity contribution in [3.63, 3.8) is 0 Å². The van der Waals surface area contributed by atoms with Gasteiger partial charge in [0, 0.05) is 6.07 Å². The third-order valence-corrected chi connectivity index (χ3v) is 5.38. The van der Waals surface area contributed by atoms with Gasteiger partial charge in [0.15, 0.2) is 17.8 Å². The Hall–Kier alpha value is -3.25. The van der Waals surface area contributed by atoms with Crippen LogP contribution in [0.2, 0.25) is 0 Å². The highest BCUT2D eigenvalue weighted by atomic mass is 19.1. The number of hydrogen-bond acceptors (Lipinski definition) is 4. The molecule has 6 heteroatoms. The molecule has 0 aromatic heterocycles. The van der Waals surface area contributed by atoms with E-state index in [2.05, 4.69) is 15.0 Å². The third kappa shape index (κ3) is 2.73. The molecule has 1 saturated carbocycles. The molecule has 2 aromatic rings. The van der Waals surface area contributed by atoms with Gasteiger partial charge in [0.25, 0.3) is 0 Å². The second-order valence-electron chi connectivity index (χ2n) is 7.09. The van der Waals surface area contributed by atoms with Crippen molar-refractivity contribution < 1.29 is 13.7 Å². The van der Waals surface area contributed by atoms with E-state index in [1.807, 2.05) is 61.4 Å². The number of allylic oxidation sites excluding steroid dienone is 1. The number of para-hydroxylation sites is 1. The maximum absolute atomic E-state index is 14.9. The van der Waals surface area contributed by atoms with Gasteiger partial charge in [-0.2, -0.15) is 0 Å². The Labute approximate surface area is 163 Å². The van der Waals surface area contributed by atoms with Crippen LogP contribution in [0.15, 0.2) is 82.8 Å². The molecule has 1 aliphatic carbocycles. The molecule has 5 nitrogen and oxygen atoms in total. The number of hydrogen-bond donors (Lipinski definition) is 0. The van der Waals surface area contributed by atoms with Crippen LogP contribution in [0.5, 0.6) is 11.5 Å². The quantitative estimate of drug-likeness (QED) is 0.678. The molecule has 140 valence electrons. The highest BCUT2D eigenvalue weighted by Gasteiger charge is 2.46. The second kappa shape index (κ2) is 6.73. The van der Waals surface area contributed by atoms with Crippen LogP contribution < -0.4 is 9.75 Å². The number of rotatable bonds is 5. The lowest BCUT2D eigenvalue weighted by Gasteiger charge is -2.46. The summed E-state index contributed by atoms with van der Waals surface area (Å²) in [4.78, 5) is 8.60. The average Bonchev–Trinajstić information content (AvgIpc) is 3.12. The van der Waals surface area contributed by atoms with E-state index in [0.717, 1.165) is 24.2 Å². The summed E-state index contributed by atoms with van der Waals surface area (Å²) in [6, 6.07) is 14.7. The zero-order valence-electron chi connectivity index (χ0n) is 15.3. The first-order chi connectivity index (χ1) is 13.8. The highest BCUT2D eigenvalue weighted by molar-refractivity contribution is 5.82. The fourth-order valence-electron chi connectivity index (χ4n) is 3.77. The minimum absolute atomic E-state index is 0.213. The number of halogens is 1. The molecule has 0 N–H and O–H groups in total. The summed E-state index contributed by atoms with van der Waals surface area (Å²) in [6.07, 6.45) is 12.5. The summed E-state index contributed by atoms with van der Waals surface area (Å²) in [5, 5.41) is 2.21. The topological polar surface area (TPSA) is 37.2 Å². The number of aliphatic imine (C=N–C) groups is 2. The lowest BCUT2D eigenvalue weighted by Crippen LogP contribution is -2.61. The molecule has 1 fully saturated rings. The van der Waals surface area contributed by atoms with Crippen molar-refractivity contribution in [3.8, 4) is 11.5 Å². The Balaban J connectivity index is 1.51. The van der Waals surface area contributed by atoms with E-state index in [1.54, 1.807) is 18.3 Å². The molecule has 2 aliphatic heterocycles. The molecule has 5 rings (SSSR count). The van der Waals surface area contributed by atoms with E-state index < -0.39 is 0 Å². The van der Waals surface area contributed by atoms with E-state index in [4.69, 9.17) is 4.74 Å². The van der Waals surface area contributed by atoms with Crippen LogP contribution in [0.3, 0.4) is 0 Å². The standard InChI is InChI=1S/C22H20FN4O/c23-21-13-18(9-10-22(21)28-20-7-2-1-3-8-20)26(17-5-4-6-17)27-12-11-24-14-19(27)15-25-16-27/h1-3,7-17H,4-6H2/q+1. The lowest BCUT2D eigenvalue weighted by molar-refractivity contribution is -0.746. The molecule has 0 radical (unpaired) electrons. The molecular weight excluding hydrogens is 355 g/mol. The number of nitrogens with zero attached hydrogens (tertiary/aromatic N) is 4. The number of fused-ring (bicyclic) bond motifs is 1. The molecule has 0 saturated heterocycles. The normalized spacial score (nSPS) is 22.5. The van der Waals surface area contributed by atoms with Gasteiger partial charge < -0.3 is 4.74 Å². The van der Waals surface area contributed by atoms with Crippen molar-refractivity contribution in [1.82, 2.24) is 0 Å². The second-order valence-corrected chi connectivity index (χ2v) is 7.09. The van der Waals surface area contributed by atoms with Crippen LogP contribution in [0.4, 0.5) is 10.1 Å². The molecule has 3 aliphatic rings. The average molecular weight is 375 g/mol. The summed E-state index contributed by atoms with van der Waals surface area (Å²) >= 11 is 0. The molecule has 0 bridgehead atoms. The monoisotopic (exact) mass is 375 g/mol. The molecule has 1 unspecified atom stereocenters. The van der Waals surface area contributed by atoms with Gasteiger partial charge in [0.1, 0.15) is 5.75 Å². The Morgan fingerprint density at radius 3 is 2.68 bits per heavy atom. The molecule has 2 aromatic carbocycles. The molecule has 0 spiro atoms. The predicted molar refractivity (Wildman–Crippen MR) is 108 cm³/mol. The van der Waals surface area contributed by atoms with Crippen molar-refractivity contribution in [2.24, 2.45) is 9.98 Å². The SMILES string of the molecule is Fc1cc(N(C2CCC2)[N+]23C=CN=CC2=CN=C3)ccc1Oc1ccccc1. The van der Waals surface area contributed by atoms with Gasteiger partial charge >= 0.3 is 0 Å². The van der Waals surface area contributed by atoms with Crippen molar-refractivity contribution in [2.75, 3.05) is 5.01 Å². The third-order valence-electron chi connectivity index (χ3n) is 5.38. The van der Waals surface area contributed by atoms with Crippen molar-refractivity contribution in [1.29, 1.82) is 0 Å². The molecule has 0 amide bonds. The Morgan fingerprint density at radius 1 is 1.07 bits per heavy atom. The largest absolute Gasteiger partial charge is 0.454 e. The van der Waals surface area contributed by atoms with Crippen LogP contribution in [0.1, 0.15) is 19.3 Å². The van der Waals surface area contributed by atoms with Crippen LogP contribution in [0, 0.1) is 5.82 Å². The first-order valence-corrected chi connectivity index (χ1v) is 9.43. The number of anilines is 1. The van der Waals surface area contributed by atoms with Crippen LogP contribution in [-0.4, -0.2) is 23.2 Å². The lowest BCUT2D eigenvalue weighted by atomic mass is 9.91. The summed E-state index contributed by atoms with van der Waals surface area (Å²) in [5.41, 5.74) is 1.74. The maximum atomic E-state index is 14.9. The summed E-state index contributed by atoms with van der Waals surface area (Å²) in [7, 11) is 0. The number of quaternary nitrogens is 1. The predicted octanol–water partition coefficient (Wildman–Crippen LogP) is 5.15. The molecule has 1 atom stereocenters. The first-order valence-electron chi connectivity index (χ1n) is 9.43. The van der Waals surface area contributed by atoms with Crippen LogP contribution in [0.25, 0.3) is 0 Å². The maximum Gasteiger partial charge on any atom is 0.225 e. The zero-order chi connectivity index (χ0) is 19.0. The van der Waals surface area contributed by atoms with E-state index >= 15 is 0 Å². The van der Waals surface area contributed by atoms with Gasteiger partial charge in [-0.25, -0.2) is 14.4 Å². The van der Waals surface area contributed by atoms with E-state index in [-0.39, 0.29) is 11.6 Å². The minimum atomic E-state index is -0.389. The highest BCUT2D eigenvalue weighted by Crippen LogP contribution is 2.40. The van der Waals surface area contributed by atoms with Crippen molar-refractivity contribution >= 4 is 18.2 Å². The molecule has 28 heavy (non-hydrogen) atoms. The van der Waals surface area contributed by atoms with Gasteiger partial charge in [0.05, 0.1) is 30.3 Å². The summed E-state index contributed by atoms with van der Waals surface area (Å²) in [6.45, 7) is 0. The summed E-state index contributed by atoms with van der Waals surface area (Å²) < 4.78 is 21.0. The van der Waals surface area contributed by atoms with Crippen LogP contribution >= 0.6 is 0 Å². The van der Waals surface area contributed by atoms with E-state index in [9.17, 15) is 4.39 Å². The van der Waals surface area contributed by atoms with Gasteiger partial charge in [-0.15, -0.1) is 4.59 Å².